The quantitative estimate of drug-likeness (QED) is 0.412. The Morgan fingerprint density at radius 2 is 2.21 bits per heavy atom. The molecule has 0 spiro atoms. The Morgan fingerprint density at radius 3 is 2.97 bits per heavy atom. The zero-order valence-corrected chi connectivity index (χ0v) is 16.1. The number of ether oxygens (including phenoxy) is 2. The number of nitrogens with one attached hydrogen (secondary N) is 1. The molecule has 11 heteroatoms. The van der Waals surface area contributed by atoms with Crippen LogP contribution < -0.4 is 10.1 Å². The molecule has 152 valence electrons. The number of nitro groups is 1. The van der Waals surface area contributed by atoms with Gasteiger partial charge in [0.2, 0.25) is 0 Å². The third-order valence-electron chi connectivity index (χ3n) is 3.70. The van der Waals surface area contributed by atoms with Gasteiger partial charge in [-0.15, -0.1) is 0 Å². The maximum atomic E-state index is 12.3. The van der Waals surface area contributed by atoms with Crippen LogP contribution in [0.4, 0.5) is 11.4 Å². The summed E-state index contributed by atoms with van der Waals surface area (Å²) in [5.41, 5.74) is 0.348. The fourth-order valence-electron chi connectivity index (χ4n) is 2.32. The highest BCUT2D eigenvalue weighted by Gasteiger charge is 2.15. The van der Waals surface area contributed by atoms with Gasteiger partial charge in [-0.25, -0.2) is 4.68 Å². The van der Waals surface area contributed by atoms with Crippen LogP contribution in [0.2, 0.25) is 5.02 Å². The highest BCUT2D eigenvalue weighted by Crippen LogP contribution is 2.29. The summed E-state index contributed by atoms with van der Waals surface area (Å²) in [4.78, 5) is 22.6. The van der Waals surface area contributed by atoms with Crippen LogP contribution >= 0.6 is 11.6 Å². The zero-order chi connectivity index (χ0) is 20.8. The van der Waals surface area contributed by atoms with Gasteiger partial charge in [0.1, 0.15) is 24.8 Å². The van der Waals surface area contributed by atoms with Crippen molar-refractivity contribution in [2.75, 3.05) is 11.9 Å². The highest BCUT2D eigenvalue weighted by atomic mass is 35.5. The lowest BCUT2D eigenvalue weighted by atomic mass is 10.3. The molecule has 0 fully saturated rings. The van der Waals surface area contributed by atoms with Gasteiger partial charge in [0.05, 0.1) is 34.1 Å². The second-order valence-electron chi connectivity index (χ2n) is 5.77. The molecule has 10 nitrogen and oxygen atoms in total. The molecule has 0 unspecified atom stereocenters. The number of nitrogens with zero attached hydrogens (tertiary/aromatic N) is 3. The predicted molar refractivity (Wildman–Crippen MR) is 103 cm³/mol. The lowest BCUT2D eigenvalue weighted by molar-refractivity contribution is -0.384. The average molecular weight is 421 g/mol. The Bertz CT molecular complexity index is 1020. The highest BCUT2D eigenvalue weighted by molar-refractivity contribution is 6.32. The summed E-state index contributed by atoms with van der Waals surface area (Å²) in [6.07, 6.45) is 3.12. The van der Waals surface area contributed by atoms with Gasteiger partial charge in [-0.05, 0) is 25.1 Å². The molecule has 1 N–H and O–H groups in total. The maximum absolute atomic E-state index is 12.3. The molecule has 2 heterocycles. The van der Waals surface area contributed by atoms with Crippen LogP contribution in [0.25, 0.3) is 0 Å². The topological polar surface area (TPSA) is 122 Å². The number of anilines is 1. The number of amides is 1. The largest absolute Gasteiger partial charge is 0.484 e. The van der Waals surface area contributed by atoms with Crippen molar-refractivity contribution in [3.8, 4) is 5.75 Å². The fraction of sp³-hybridized carbons (Fsp3) is 0.222. The number of halogens is 1. The first-order valence-corrected chi connectivity index (χ1v) is 8.91. The summed E-state index contributed by atoms with van der Waals surface area (Å²) in [5, 5.41) is 17.8. The van der Waals surface area contributed by atoms with Crippen molar-refractivity contribution in [3.63, 3.8) is 0 Å². The van der Waals surface area contributed by atoms with Crippen LogP contribution in [0.1, 0.15) is 23.2 Å². The molecule has 0 aliphatic carbocycles. The first-order valence-electron chi connectivity index (χ1n) is 8.53. The minimum absolute atomic E-state index is 0.0551. The second-order valence-corrected chi connectivity index (χ2v) is 6.18. The van der Waals surface area contributed by atoms with Gasteiger partial charge in [0.15, 0.2) is 5.76 Å². The van der Waals surface area contributed by atoms with Crippen molar-refractivity contribution < 1.29 is 23.6 Å². The van der Waals surface area contributed by atoms with Gasteiger partial charge in [-0.2, -0.15) is 5.10 Å². The molecule has 29 heavy (non-hydrogen) atoms. The van der Waals surface area contributed by atoms with E-state index in [1.54, 1.807) is 16.9 Å². The first kappa shape index (κ1) is 20.4. The van der Waals surface area contributed by atoms with E-state index >= 15 is 0 Å². The van der Waals surface area contributed by atoms with Gasteiger partial charge in [0.25, 0.3) is 11.6 Å². The maximum Gasteiger partial charge on any atom is 0.291 e. The van der Waals surface area contributed by atoms with Gasteiger partial charge >= 0.3 is 0 Å². The van der Waals surface area contributed by atoms with E-state index in [-0.39, 0.29) is 35.6 Å². The summed E-state index contributed by atoms with van der Waals surface area (Å²) in [6, 6.07) is 6.94. The fourth-order valence-corrected chi connectivity index (χ4v) is 2.49. The minimum atomic E-state index is -0.547. The molecule has 0 aliphatic rings. The Balaban J connectivity index is 1.59. The smallest absolute Gasteiger partial charge is 0.291 e. The number of carbonyl (C=O) groups excluding carboxylic acids is 1. The van der Waals surface area contributed by atoms with E-state index in [4.69, 9.17) is 25.5 Å². The summed E-state index contributed by atoms with van der Waals surface area (Å²) in [6.45, 7) is 2.66. The number of hydrogen-bond donors (Lipinski definition) is 1. The molecule has 3 rings (SSSR count). The third-order valence-corrected chi connectivity index (χ3v) is 4.01. The number of nitro benzene ring substituents is 1. The second kappa shape index (κ2) is 9.22. The first-order chi connectivity index (χ1) is 14.0. The van der Waals surface area contributed by atoms with E-state index in [0.29, 0.717) is 18.1 Å². The van der Waals surface area contributed by atoms with Crippen molar-refractivity contribution in [2.24, 2.45) is 0 Å². The summed E-state index contributed by atoms with van der Waals surface area (Å²) < 4.78 is 17.7. The van der Waals surface area contributed by atoms with Crippen LogP contribution in [0.15, 0.2) is 47.1 Å². The van der Waals surface area contributed by atoms with Crippen LogP contribution in [0, 0.1) is 10.1 Å². The zero-order valence-electron chi connectivity index (χ0n) is 15.3. The molecule has 0 bridgehead atoms. The van der Waals surface area contributed by atoms with E-state index in [0.717, 1.165) is 0 Å². The Labute approximate surface area is 170 Å². The van der Waals surface area contributed by atoms with E-state index in [2.05, 4.69) is 10.4 Å². The van der Waals surface area contributed by atoms with Crippen molar-refractivity contribution in [1.29, 1.82) is 0 Å². The average Bonchev–Trinajstić information content (AvgIpc) is 3.35. The van der Waals surface area contributed by atoms with Gasteiger partial charge in [-0.1, -0.05) is 11.6 Å². The van der Waals surface area contributed by atoms with Gasteiger partial charge in [0, 0.05) is 12.7 Å². The number of aromatic nitrogens is 2. The Kier molecular flexibility index (Phi) is 6.47. The summed E-state index contributed by atoms with van der Waals surface area (Å²) >= 11 is 5.99. The van der Waals surface area contributed by atoms with E-state index < -0.39 is 10.8 Å². The number of benzene rings is 1. The van der Waals surface area contributed by atoms with E-state index in [9.17, 15) is 14.9 Å². The number of rotatable bonds is 9. The molecule has 0 radical (unpaired) electrons. The number of non-ortho nitro benzene ring substituents is 1. The molecule has 0 atom stereocenters. The summed E-state index contributed by atoms with van der Waals surface area (Å²) in [5.74, 6) is 0.113. The SMILES string of the molecule is CCOCn1cc(NC(=O)c2ccc(COc3cc([N+](=O)[O-])ccc3Cl)o2)cn1. The lowest BCUT2D eigenvalue weighted by Crippen LogP contribution is -2.10. The normalized spacial score (nSPS) is 10.7. The van der Waals surface area contributed by atoms with Crippen LogP contribution in [-0.4, -0.2) is 27.2 Å². The van der Waals surface area contributed by atoms with E-state index in [1.807, 2.05) is 6.92 Å². The van der Waals surface area contributed by atoms with Crippen LogP contribution in [0.5, 0.6) is 5.75 Å². The van der Waals surface area contributed by atoms with E-state index in [1.165, 1.54) is 30.5 Å². The van der Waals surface area contributed by atoms with Crippen molar-refractivity contribution in [2.45, 2.75) is 20.3 Å². The molecule has 1 aromatic carbocycles. The molecule has 0 saturated heterocycles. The number of hydrogen-bond acceptors (Lipinski definition) is 7. The molecule has 2 aromatic heterocycles. The van der Waals surface area contributed by atoms with Crippen molar-refractivity contribution in [1.82, 2.24) is 9.78 Å². The standard InChI is InChI=1S/C18H17ClN4O6/c1-2-27-11-22-9-12(8-20-22)21-18(24)16-6-4-14(29-16)10-28-17-7-13(23(25)26)3-5-15(17)19/h3-9H,2,10-11H2,1H3,(H,21,24). The molecule has 0 saturated carbocycles. The van der Waals surface area contributed by atoms with Crippen molar-refractivity contribution >= 4 is 28.9 Å². The summed E-state index contributed by atoms with van der Waals surface area (Å²) in [7, 11) is 0. The van der Waals surface area contributed by atoms with Crippen molar-refractivity contribution in [3.05, 3.63) is 69.4 Å². The monoisotopic (exact) mass is 420 g/mol. The molecular weight excluding hydrogens is 404 g/mol. The number of carbonyl (C=O) groups is 1. The Morgan fingerprint density at radius 1 is 1.38 bits per heavy atom. The molecular formula is C18H17ClN4O6. The predicted octanol–water partition coefficient (Wildman–Crippen LogP) is 3.86. The third kappa shape index (κ3) is 5.33. The Hall–Kier alpha value is -3.37. The van der Waals surface area contributed by atoms with Crippen LogP contribution in [0.3, 0.4) is 0 Å². The minimum Gasteiger partial charge on any atom is -0.484 e. The number of furan rings is 1. The molecule has 0 aliphatic heterocycles. The lowest BCUT2D eigenvalue weighted by Gasteiger charge is -2.06. The molecule has 3 aromatic rings. The van der Waals surface area contributed by atoms with Crippen LogP contribution in [-0.2, 0) is 18.1 Å². The molecule has 1 amide bonds. The van der Waals surface area contributed by atoms with Gasteiger partial charge in [-0.3, -0.25) is 14.9 Å². The van der Waals surface area contributed by atoms with Gasteiger partial charge < -0.3 is 19.2 Å².